The van der Waals surface area contributed by atoms with Crippen LogP contribution in [0.2, 0.25) is 0 Å². The molecule has 46 heavy (non-hydrogen) atoms. The number of hydrogen-bond acceptors (Lipinski definition) is 8. The first-order valence-electron chi connectivity index (χ1n) is 16.0. The zero-order chi connectivity index (χ0) is 33.2. The molecule has 2 saturated carbocycles. The summed E-state index contributed by atoms with van der Waals surface area (Å²) >= 11 is 7.45. The molecule has 8 bridgehead atoms. The van der Waals surface area contributed by atoms with E-state index in [4.69, 9.17) is 18.9 Å². The Labute approximate surface area is 285 Å². The molecule has 8 nitrogen and oxygen atoms in total. The lowest BCUT2D eigenvalue weighted by Crippen LogP contribution is -2.50. The average Bonchev–Trinajstić information content (AvgIpc) is 3.45. The molecule has 10 rings (SSSR count). The lowest BCUT2D eigenvalue weighted by atomic mass is 9.66. The van der Waals surface area contributed by atoms with E-state index in [1.807, 2.05) is 65.8 Å². The Kier molecular flexibility index (Phi) is 6.86. The first kappa shape index (κ1) is 31.9. The van der Waals surface area contributed by atoms with Gasteiger partial charge in [0.05, 0.1) is 10.8 Å². The van der Waals surface area contributed by atoms with Crippen molar-refractivity contribution in [2.24, 2.45) is 21.7 Å². The van der Waals surface area contributed by atoms with E-state index in [0.29, 0.717) is 62.9 Å². The highest BCUT2D eigenvalue weighted by molar-refractivity contribution is 9.10. The average molecular weight is 758 g/mol. The number of aryl methyl sites for hydroxylation is 4. The number of benzene rings is 2. The van der Waals surface area contributed by atoms with E-state index >= 15 is 0 Å². The molecule has 4 fully saturated rings. The Balaban J connectivity index is 1.20. The van der Waals surface area contributed by atoms with Gasteiger partial charge in [-0.3, -0.25) is 9.59 Å². The van der Waals surface area contributed by atoms with Crippen molar-refractivity contribution in [3.8, 4) is 11.5 Å². The molecular weight excluding hydrogens is 720 g/mol. The largest absolute Gasteiger partial charge is 0.446 e. The smallest absolute Gasteiger partial charge is 0.356 e. The minimum atomic E-state index is -1.34. The second kappa shape index (κ2) is 9.91. The molecule has 0 N–H and O–H groups in total. The van der Waals surface area contributed by atoms with Crippen LogP contribution in [0.3, 0.4) is 0 Å². The van der Waals surface area contributed by atoms with Gasteiger partial charge < -0.3 is 18.9 Å². The number of rotatable bonds is 4. The van der Waals surface area contributed by atoms with Crippen molar-refractivity contribution >= 4 is 55.7 Å². The molecule has 2 aromatic carbocycles. The summed E-state index contributed by atoms with van der Waals surface area (Å²) in [6.45, 7) is 11.4. The maximum atomic E-state index is 13.9. The van der Waals surface area contributed by atoms with E-state index in [-0.39, 0.29) is 11.9 Å². The van der Waals surface area contributed by atoms with Crippen LogP contribution in [-0.4, -0.2) is 35.1 Å². The molecule has 0 unspecified atom stereocenters. The Morgan fingerprint density at radius 1 is 0.587 bits per heavy atom. The van der Waals surface area contributed by atoms with Crippen LogP contribution in [0.5, 0.6) is 11.5 Å². The van der Waals surface area contributed by atoms with Crippen molar-refractivity contribution in [2.75, 3.05) is 0 Å². The topological polar surface area (TPSA) is 105 Å². The fourth-order valence-electron chi connectivity index (χ4n) is 8.55. The van der Waals surface area contributed by atoms with Gasteiger partial charge in [0.2, 0.25) is 11.2 Å². The summed E-state index contributed by atoms with van der Waals surface area (Å²) in [5.41, 5.74) is -2.15. The first-order valence-corrected chi connectivity index (χ1v) is 17.6. The number of hydrogen-bond donors (Lipinski definition) is 0. The molecule has 2 aliphatic heterocycles. The minimum absolute atomic E-state index is 0.354. The highest BCUT2D eigenvalue weighted by Gasteiger charge is 2.77. The summed E-state index contributed by atoms with van der Waals surface area (Å²) in [7, 11) is 0. The number of halogens is 2. The summed E-state index contributed by atoms with van der Waals surface area (Å²) in [4.78, 5) is 53.6. The summed E-state index contributed by atoms with van der Waals surface area (Å²) in [5, 5.41) is 0. The Hall–Kier alpha value is -2.72. The van der Waals surface area contributed by atoms with Gasteiger partial charge in [0, 0.05) is 19.8 Å². The minimum Gasteiger partial charge on any atom is -0.446 e. The quantitative estimate of drug-likeness (QED) is 0.239. The van der Waals surface area contributed by atoms with Gasteiger partial charge in [0.1, 0.15) is 11.5 Å². The zero-order valence-corrected chi connectivity index (χ0v) is 30.2. The summed E-state index contributed by atoms with van der Waals surface area (Å²) in [6.07, 6.45) is 4.11. The second-order valence-electron chi connectivity index (χ2n) is 15.2. The standard InChI is InChI=1S/C36H38Br2O8/c1-31(2)33(5)11-13-35(31,45-27(33)39)29(41)43-25-17-19-7-8-20-18-26(22(16-24(20)38)10-9-21(25)15-23(19)37)44-30(42)36-14-12-34(6,28(40)46-36)32(36,3)4/h15-18H,7-14H2,1-6H3/t33-,34-,35-,36-/m0/s1. The van der Waals surface area contributed by atoms with Crippen molar-refractivity contribution < 1.29 is 38.1 Å². The fourth-order valence-corrected chi connectivity index (χ4v) is 9.72. The molecule has 244 valence electrons. The molecule has 2 heterocycles. The van der Waals surface area contributed by atoms with E-state index in [2.05, 4.69) is 31.9 Å². The number of ether oxygens (including phenoxy) is 4. The third-order valence-electron chi connectivity index (χ3n) is 13.0. The van der Waals surface area contributed by atoms with Crippen molar-refractivity contribution in [3.63, 3.8) is 0 Å². The lowest BCUT2D eigenvalue weighted by Gasteiger charge is -2.34. The third kappa shape index (κ3) is 3.89. The van der Waals surface area contributed by atoms with Crippen LogP contribution in [0.25, 0.3) is 0 Å². The van der Waals surface area contributed by atoms with Gasteiger partial charge in [-0.1, -0.05) is 59.6 Å². The molecular formula is C36H38Br2O8. The van der Waals surface area contributed by atoms with E-state index in [9.17, 15) is 19.2 Å². The number of carbonyl (C=O) groups excluding carboxylic acids is 4. The van der Waals surface area contributed by atoms with Crippen LogP contribution >= 0.6 is 31.9 Å². The summed E-state index contributed by atoms with van der Waals surface area (Å²) < 4.78 is 25.8. The monoisotopic (exact) mass is 756 g/mol. The number of esters is 4. The van der Waals surface area contributed by atoms with Crippen LogP contribution in [-0.2, 0) is 54.3 Å². The number of carbonyl (C=O) groups is 4. The van der Waals surface area contributed by atoms with Gasteiger partial charge >= 0.3 is 23.9 Å². The maximum Gasteiger partial charge on any atom is 0.356 e. The first-order chi connectivity index (χ1) is 21.4. The number of fused-ring (bicyclic) bond motifs is 4. The van der Waals surface area contributed by atoms with Crippen molar-refractivity contribution in [3.05, 3.63) is 55.5 Å². The van der Waals surface area contributed by atoms with Crippen molar-refractivity contribution in [2.45, 2.75) is 104 Å². The Bertz CT molecular complexity index is 1630. The second-order valence-corrected chi connectivity index (χ2v) is 16.9. The van der Waals surface area contributed by atoms with Crippen molar-refractivity contribution in [1.82, 2.24) is 0 Å². The molecule has 6 aliphatic carbocycles. The van der Waals surface area contributed by atoms with Gasteiger partial charge in [-0.05, 0) is 112 Å². The van der Waals surface area contributed by atoms with E-state index in [1.54, 1.807) is 0 Å². The third-order valence-corrected chi connectivity index (χ3v) is 14.5. The predicted molar refractivity (Wildman–Crippen MR) is 174 cm³/mol. The van der Waals surface area contributed by atoms with Crippen LogP contribution in [0, 0.1) is 21.7 Å². The van der Waals surface area contributed by atoms with Gasteiger partial charge in [-0.15, -0.1) is 0 Å². The SMILES string of the molecule is CC1(C)[C@@]2(C)CC[C@@]1(C(=O)Oc1cc3c(Br)cc1CCc1cc(Br)c(cc1OC(=O)[C@]14CC[C@@](C)(C(=O)O1)C4(C)C)CC3)OC2=O. The van der Waals surface area contributed by atoms with E-state index in [0.717, 1.165) is 31.2 Å². The fraction of sp³-hybridized carbons (Fsp3) is 0.556. The van der Waals surface area contributed by atoms with Gasteiger partial charge in [0.15, 0.2) is 0 Å². The molecule has 0 amide bonds. The molecule has 0 spiro atoms. The molecule has 0 radical (unpaired) electrons. The normalized spacial score (nSPS) is 33.0. The van der Waals surface area contributed by atoms with Crippen molar-refractivity contribution in [1.29, 1.82) is 0 Å². The highest BCUT2D eigenvalue weighted by Crippen LogP contribution is 2.67. The van der Waals surface area contributed by atoms with Crippen LogP contribution < -0.4 is 9.47 Å². The van der Waals surface area contributed by atoms with Gasteiger partial charge in [-0.25, -0.2) is 9.59 Å². The Morgan fingerprint density at radius 3 is 1.24 bits per heavy atom. The van der Waals surface area contributed by atoms with Gasteiger partial charge in [-0.2, -0.15) is 0 Å². The van der Waals surface area contributed by atoms with E-state index < -0.39 is 44.8 Å². The zero-order valence-electron chi connectivity index (χ0n) is 27.0. The summed E-state index contributed by atoms with van der Waals surface area (Å²) in [5.74, 6) is -0.944. The molecule has 8 aliphatic rings. The summed E-state index contributed by atoms with van der Waals surface area (Å²) in [6, 6.07) is 7.77. The van der Waals surface area contributed by atoms with Crippen LogP contribution in [0.15, 0.2) is 33.2 Å². The molecule has 10 heteroatoms. The predicted octanol–water partition coefficient (Wildman–Crippen LogP) is 7.15. The Morgan fingerprint density at radius 2 is 0.935 bits per heavy atom. The lowest BCUT2D eigenvalue weighted by molar-refractivity contribution is -0.176. The van der Waals surface area contributed by atoms with Crippen LogP contribution in [0.4, 0.5) is 0 Å². The molecule has 2 saturated heterocycles. The molecule has 0 aromatic heterocycles. The maximum absolute atomic E-state index is 13.9. The molecule has 2 aromatic rings. The van der Waals surface area contributed by atoms with Crippen LogP contribution in [0.1, 0.15) is 89.5 Å². The van der Waals surface area contributed by atoms with E-state index in [1.165, 1.54) is 0 Å². The molecule has 4 atom stereocenters. The highest BCUT2D eigenvalue weighted by atomic mass is 79.9. The van der Waals surface area contributed by atoms with Gasteiger partial charge in [0.25, 0.3) is 0 Å².